The van der Waals surface area contributed by atoms with Crippen LogP contribution in [0.2, 0.25) is 0 Å². The Kier molecular flexibility index (Phi) is 26.0. The summed E-state index contributed by atoms with van der Waals surface area (Å²) >= 11 is 0. The molecule has 1 aliphatic rings. The van der Waals surface area contributed by atoms with Gasteiger partial charge in [0.2, 0.25) is 0 Å². The fourth-order valence-electron chi connectivity index (χ4n) is 1.05. The number of allylic oxidation sites excluding steroid dienone is 2. The van der Waals surface area contributed by atoms with Crippen molar-refractivity contribution in [2.75, 3.05) is 0 Å². The minimum Gasteiger partial charge on any atom is -0.0744 e. The topological polar surface area (TPSA) is 0 Å². The maximum Gasteiger partial charge on any atom is -0.0317 e. The van der Waals surface area contributed by atoms with E-state index in [4.69, 9.17) is 0 Å². The van der Waals surface area contributed by atoms with E-state index in [1.54, 1.807) is 11.1 Å². The molecule has 0 saturated carbocycles. The Bertz CT molecular complexity index is 106. The van der Waals surface area contributed by atoms with Gasteiger partial charge in [0.25, 0.3) is 0 Å². The van der Waals surface area contributed by atoms with E-state index in [1.165, 1.54) is 32.1 Å². The van der Waals surface area contributed by atoms with E-state index < -0.39 is 0 Å². The Morgan fingerprint density at radius 2 is 0.933 bits per heavy atom. The Balaban J connectivity index is -0.000000154. The van der Waals surface area contributed by atoms with Crippen LogP contribution in [0.5, 0.6) is 0 Å². The summed E-state index contributed by atoms with van der Waals surface area (Å²) in [6.45, 7) is 17.0. The van der Waals surface area contributed by atoms with Gasteiger partial charge >= 0.3 is 0 Å². The van der Waals surface area contributed by atoms with Crippen LogP contribution in [0.25, 0.3) is 0 Å². The monoisotopic (exact) mass is 214 g/mol. The second-order valence-corrected chi connectivity index (χ2v) is 3.83. The Morgan fingerprint density at radius 1 is 0.733 bits per heavy atom. The third kappa shape index (κ3) is 20.0. The van der Waals surface area contributed by atoms with Crippen LogP contribution in [0.15, 0.2) is 11.1 Å². The normalized spacial score (nSPS) is 12.8. The minimum atomic E-state index is 1.25. The molecule has 15 heavy (non-hydrogen) atoms. The van der Waals surface area contributed by atoms with Crippen molar-refractivity contribution in [2.45, 2.75) is 87.5 Å². The second kappa shape index (κ2) is 19.3. The lowest BCUT2D eigenvalue weighted by atomic mass is 10.2. The highest BCUT2D eigenvalue weighted by Crippen LogP contribution is 2.23. The number of hydrogen-bond donors (Lipinski definition) is 0. The summed E-state index contributed by atoms with van der Waals surface area (Å²) in [6.07, 6.45) is 6.61. The van der Waals surface area contributed by atoms with Crippen LogP contribution in [0.3, 0.4) is 0 Å². The van der Waals surface area contributed by atoms with Crippen molar-refractivity contribution < 1.29 is 0 Å². The molecule has 0 heteroatoms. The second-order valence-electron chi connectivity index (χ2n) is 3.83. The molecule has 1 rings (SSSR count). The van der Waals surface area contributed by atoms with E-state index in [0.29, 0.717) is 0 Å². The van der Waals surface area contributed by atoms with E-state index in [9.17, 15) is 0 Å². The summed E-state index contributed by atoms with van der Waals surface area (Å²) in [6, 6.07) is 0. The molecule has 0 aromatic rings. The largest absolute Gasteiger partial charge is 0.0744 e. The quantitative estimate of drug-likeness (QED) is 0.411. The van der Waals surface area contributed by atoms with Gasteiger partial charge in [-0.15, -0.1) is 0 Å². The van der Waals surface area contributed by atoms with E-state index in [1.807, 2.05) is 13.8 Å². The zero-order valence-corrected chi connectivity index (χ0v) is 12.5. The van der Waals surface area contributed by atoms with Gasteiger partial charge in [0.05, 0.1) is 0 Å². The predicted octanol–water partition coefficient (Wildman–Crippen LogP) is 6.37. The lowest BCUT2D eigenvalue weighted by molar-refractivity contribution is 0.893. The van der Waals surface area contributed by atoms with Gasteiger partial charge in [0, 0.05) is 0 Å². The van der Waals surface area contributed by atoms with Crippen LogP contribution in [0.4, 0.5) is 0 Å². The summed E-state index contributed by atoms with van der Waals surface area (Å²) in [5.41, 5.74) is 3.25. The summed E-state index contributed by atoms with van der Waals surface area (Å²) in [4.78, 5) is 0. The molecule has 0 nitrogen and oxygen atoms in total. The molecule has 0 saturated heterocycles. The lowest BCUT2D eigenvalue weighted by Crippen LogP contribution is -1.66. The van der Waals surface area contributed by atoms with Gasteiger partial charge in [-0.05, 0) is 33.1 Å². The van der Waals surface area contributed by atoms with Crippen molar-refractivity contribution in [1.29, 1.82) is 0 Å². The highest BCUT2D eigenvalue weighted by molar-refractivity contribution is 5.14. The van der Waals surface area contributed by atoms with Crippen LogP contribution in [0, 0.1) is 0 Å². The smallest absolute Gasteiger partial charge is 0.0317 e. The highest BCUT2D eigenvalue weighted by Gasteiger charge is 2.03. The van der Waals surface area contributed by atoms with Gasteiger partial charge < -0.3 is 0 Å². The Labute approximate surface area is 99.2 Å². The molecule has 94 valence electrons. The highest BCUT2D eigenvalue weighted by atomic mass is 14.1. The van der Waals surface area contributed by atoms with Crippen molar-refractivity contribution >= 4 is 0 Å². The van der Waals surface area contributed by atoms with Crippen LogP contribution in [-0.2, 0) is 0 Å². The SMILES string of the molecule is CC.CC1=C(C)CCC1.CCC.CCC. The molecule has 1 aliphatic carbocycles. The number of rotatable bonds is 0. The molecule has 0 aromatic carbocycles. The van der Waals surface area contributed by atoms with Crippen LogP contribution in [0.1, 0.15) is 87.5 Å². The van der Waals surface area contributed by atoms with Crippen LogP contribution >= 0.6 is 0 Å². The van der Waals surface area contributed by atoms with Gasteiger partial charge in [-0.25, -0.2) is 0 Å². The molecule has 0 heterocycles. The Morgan fingerprint density at radius 3 is 1.00 bits per heavy atom. The fourth-order valence-corrected chi connectivity index (χ4v) is 1.05. The minimum absolute atomic E-state index is 1.25. The summed E-state index contributed by atoms with van der Waals surface area (Å²) in [5, 5.41) is 0. The maximum atomic E-state index is 2.24. The van der Waals surface area contributed by atoms with Gasteiger partial charge in [-0.3, -0.25) is 0 Å². The zero-order valence-electron chi connectivity index (χ0n) is 12.5. The van der Waals surface area contributed by atoms with Gasteiger partial charge in [-0.2, -0.15) is 0 Å². The third-order valence-corrected chi connectivity index (χ3v) is 1.83. The molecule has 0 aromatic heterocycles. The Hall–Kier alpha value is -0.260. The molecule has 0 atom stereocenters. The average molecular weight is 214 g/mol. The van der Waals surface area contributed by atoms with Crippen molar-refractivity contribution in [2.24, 2.45) is 0 Å². The molecular weight excluding hydrogens is 180 g/mol. The number of hydrogen-bond acceptors (Lipinski definition) is 0. The molecular formula is C15H34. The van der Waals surface area contributed by atoms with Crippen molar-refractivity contribution in [3.8, 4) is 0 Å². The third-order valence-electron chi connectivity index (χ3n) is 1.83. The molecule has 0 unspecified atom stereocenters. The lowest BCUT2D eigenvalue weighted by Gasteiger charge is -1.87. The summed E-state index contributed by atoms with van der Waals surface area (Å²) in [5.74, 6) is 0. The predicted molar refractivity (Wildman–Crippen MR) is 75.5 cm³/mol. The molecule has 0 amide bonds. The first-order valence-corrected chi connectivity index (χ1v) is 6.79. The van der Waals surface area contributed by atoms with Crippen molar-refractivity contribution in [1.82, 2.24) is 0 Å². The van der Waals surface area contributed by atoms with Crippen molar-refractivity contribution in [3.63, 3.8) is 0 Å². The molecule has 0 bridgehead atoms. The van der Waals surface area contributed by atoms with Gasteiger partial charge in [0.15, 0.2) is 0 Å². The van der Waals surface area contributed by atoms with Crippen molar-refractivity contribution in [3.05, 3.63) is 11.1 Å². The molecule has 0 spiro atoms. The molecule has 0 fully saturated rings. The summed E-state index contributed by atoms with van der Waals surface area (Å²) in [7, 11) is 0. The van der Waals surface area contributed by atoms with E-state index in [-0.39, 0.29) is 0 Å². The summed E-state index contributed by atoms with van der Waals surface area (Å²) < 4.78 is 0. The first kappa shape index (κ1) is 20.2. The van der Waals surface area contributed by atoms with Gasteiger partial charge in [0.1, 0.15) is 0 Å². The van der Waals surface area contributed by atoms with E-state index in [2.05, 4.69) is 41.5 Å². The maximum absolute atomic E-state index is 2.24. The molecule has 0 N–H and O–H groups in total. The molecule has 0 radical (unpaired) electrons. The van der Waals surface area contributed by atoms with Gasteiger partial charge in [-0.1, -0.05) is 65.5 Å². The van der Waals surface area contributed by atoms with E-state index in [0.717, 1.165) is 0 Å². The first-order chi connectivity index (χ1) is 7.13. The fraction of sp³-hybridized carbons (Fsp3) is 0.867. The standard InChI is InChI=1S/C7H12.2C3H8.C2H6/c1-6-4-3-5-7(6)2;2*1-3-2;1-2/h3-5H2,1-2H3;2*3H2,1-2H3;1-2H3. The van der Waals surface area contributed by atoms with E-state index >= 15 is 0 Å². The van der Waals surface area contributed by atoms with Crippen LogP contribution < -0.4 is 0 Å². The van der Waals surface area contributed by atoms with Crippen LogP contribution in [-0.4, -0.2) is 0 Å². The molecule has 0 aliphatic heterocycles. The zero-order chi connectivity index (χ0) is 12.7. The first-order valence-electron chi connectivity index (χ1n) is 6.79. The average Bonchev–Trinajstić information content (AvgIpc) is 2.57.